The summed E-state index contributed by atoms with van der Waals surface area (Å²) in [6.45, 7) is 4.48. The molecule has 2 atom stereocenters. The second kappa shape index (κ2) is 5.45. The minimum atomic E-state index is 0. The van der Waals surface area contributed by atoms with Crippen molar-refractivity contribution in [3.8, 4) is 0 Å². The van der Waals surface area contributed by atoms with Crippen LogP contribution in [-0.2, 0) is 32.7 Å². The van der Waals surface area contributed by atoms with Gasteiger partial charge in [-0.3, -0.25) is 0 Å². The third kappa shape index (κ3) is 2.81. The molecule has 0 fully saturated rings. The van der Waals surface area contributed by atoms with Gasteiger partial charge in [0.05, 0.1) is 0 Å². The standard InChI is InChI=1S/C8H13N.Y/c1-7-4-2-3-5-8(7)6-9;/h2,4,7-9H,1,3,5-6H2;/q-2;. The van der Waals surface area contributed by atoms with Gasteiger partial charge >= 0.3 is 0 Å². The van der Waals surface area contributed by atoms with Gasteiger partial charge < -0.3 is 12.7 Å². The Bertz CT molecular complexity index is 112. The molecule has 2 unspecified atom stereocenters. The summed E-state index contributed by atoms with van der Waals surface area (Å²) < 4.78 is 0. The minimum absolute atomic E-state index is 0. The fourth-order valence-corrected chi connectivity index (χ4v) is 1.21. The second-order valence-corrected chi connectivity index (χ2v) is 2.63. The van der Waals surface area contributed by atoms with Crippen LogP contribution < -0.4 is 0 Å². The van der Waals surface area contributed by atoms with E-state index in [9.17, 15) is 0 Å². The average Bonchev–Trinajstić information content (AvgIpc) is 1.89. The van der Waals surface area contributed by atoms with Gasteiger partial charge in [0.15, 0.2) is 0 Å². The van der Waals surface area contributed by atoms with E-state index >= 15 is 0 Å². The fraction of sp³-hybridized carbons (Fsp3) is 0.625. The molecular formula is C8H13NY-2. The van der Waals surface area contributed by atoms with Gasteiger partial charge in [-0.05, 0) is 6.42 Å². The maximum absolute atomic E-state index is 7.15. The molecule has 0 spiro atoms. The summed E-state index contributed by atoms with van der Waals surface area (Å²) in [6, 6.07) is 0. The summed E-state index contributed by atoms with van der Waals surface area (Å²) in [5, 5.41) is 0. The molecule has 0 heterocycles. The maximum Gasteiger partial charge on any atom is 0 e. The molecule has 0 saturated carbocycles. The third-order valence-electron chi connectivity index (χ3n) is 1.96. The number of hydrogen-bond acceptors (Lipinski definition) is 0. The van der Waals surface area contributed by atoms with Crippen molar-refractivity contribution in [3.05, 3.63) is 24.8 Å². The van der Waals surface area contributed by atoms with Crippen molar-refractivity contribution in [2.75, 3.05) is 6.54 Å². The Kier molecular flexibility index (Phi) is 5.89. The minimum Gasteiger partial charge on any atom is -0.677 e. The van der Waals surface area contributed by atoms with E-state index in [1.807, 2.05) is 0 Å². The van der Waals surface area contributed by atoms with Crippen LogP contribution >= 0.6 is 0 Å². The van der Waals surface area contributed by atoms with Gasteiger partial charge in [-0.1, -0.05) is 18.4 Å². The van der Waals surface area contributed by atoms with Crippen molar-refractivity contribution in [3.63, 3.8) is 0 Å². The monoisotopic (exact) mass is 212 g/mol. The Balaban J connectivity index is 0.000000810. The Morgan fingerprint density at radius 1 is 1.60 bits per heavy atom. The van der Waals surface area contributed by atoms with Crippen molar-refractivity contribution in [2.45, 2.75) is 12.8 Å². The predicted octanol–water partition coefficient (Wildman–Crippen LogP) is 2.45. The average molecular weight is 212 g/mol. The third-order valence-corrected chi connectivity index (χ3v) is 1.96. The fourth-order valence-electron chi connectivity index (χ4n) is 1.21. The molecule has 0 saturated heterocycles. The van der Waals surface area contributed by atoms with E-state index < -0.39 is 0 Å². The van der Waals surface area contributed by atoms with Gasteiger partial charge in [-0.15, -0.1) is 12.0 Å². The van der Waals surface area contributed by atoms with Crippen LogP contribution in [0.2, 0.25) is 0 Å². The zero-order valence-electron chi connectivity index (χ0n) is 6.22. The van der Waals surface area contributed by atoms with Crippen LogP contribution in [0.3, 0.4) is 0 Å². The predicted molar refractivity (Wildman–Crippen MR) is 39.9 cm³/mol. The Hall–Kier alpha value is 0.804. The van der Waals surface area contributed by atoms with Crippen LogP contribution in [0.25, 0.3) is 5.73 Å². The Morgan fingerprint density at radius 2 is 2.30 bits per heavy atom. The van der Waals surface area contributed by atoms with Crippen molar-refractivity contribution >= 4 is 0 Å². The van der Waals surface area contributed by atoms with E-state index in [1.54, 1.807) is 0 Å². The Labute approximate surface area is 88.3 Å². The zero-order chi connectivity index (χ0) is 6.69. The van der Waals surface area contributed by atoms with Crippen molar-refractivity contribution in [1.29, 1.82) is 0 Å². The summed E-state index contributed by atoms with van der Waals surface area (Å²) >= 11 is 0. The summed E-state index contributed by atoms with van der Waals surface area (Å²) in [5.41, 5.74) is 7.15. The van der Waals surface area contributed by atoms with E-state index in [0.717, 1.165) is 12.8 Å². The van der Waals surface area contributed by atoms with Crippen LogP contribution in [0, 0.1) is 18.8 Å². The van der Waals surface area contributed by atoms with E-state index in [1.165, 1.54) is 0 Å². The molecule has 0 aromatic heterocycles. The van der Waals surface area contributed by atoms with Crippen molar-refractivity contribution in [1.82, 2.24) is 0 Å². The summed E-state index contributed by atoms with van der Waals surface area (Å²) in [6.07, 6.45) is 6.61. The van der Waals surface area contributed by atoms with E-state index in [0.29, 0.717) is 18.4 Å². The van der Waals surface area contributed by atoms with Crippen molar-refractivity contribution < 1.29 is 32.7 Å². The molecule has 0 aromatic rings. The summed E-state index contributed by atoms with van der Waals surface area (Å²) in [7, 11) is 0. The molecule has 1 N–H and O–H groups in total. The number of allylic oxidation sites excluding steroid dienone is 2. The molecule has 55 valence electrons. The first kappa shape index (κ1) is 10.8. The molecule has 1 radical (unpaired) electrons. The topological polar surface area (TPSA) is 23.8 Å². The molecule has 0 aromatic carbocycles. The molecule has 0 amide bonds. The van der Waals surface area contributed by atoms with Crippen LogP contribution in [0.15, 0.2) is 12.2 Å². The Morgan fingerprint density at radius 3 is 2.70 bits per heavy atom. The SMILES string of the molecule is [CH2-]C1C=CCCC1C[NH-].[Y]. The molecule has 1 aliphatic carbocycles. The number of rotatable bonds is 1. The van der Waals surface area contributed by atoms with Gasteiger partial charge in [0, 0.05) is 32.7 Å². The van der Waals surface area contributed by atoms with Crippen molar-refractivity contribution in [2.24, 2.45) is 11.8 Å². The molecule has 1 rings (SSSR count). The maximum atomic E-state index is 7.15. The first-order chi connectivity index (χ1) is 4.34. The summed E-state index contributed by atoms with van der Waals surface area (Å²) in [5.74, 6) is 0.922. The molecular weight excluding hydrogens is 199 g/mol. The number of nitrogens with one attached hydrogen (secondary N) is 1. The van der Waals surface area contributed by atoms with E-state index in [-0.39, 0.29) is 32.7 Å². The first-order valence-corrected chi connectivity index (χ1v) is 3.49. The van der Waals surface area contributed by atoms with E-state index in [2.05, 4.69) is 19.1 Å². The zero-order valence-corrected chi connectivity index (χ0v) is 9.05. The quantitative estimate of drug-likeness (QED) is 0.471. The largest absolute Gasteiger partial charge is 0.677 e. The smallest absolute Gasteiger partial charge is 0 e. The number of hydrogen-bond donors (Lipinski definition) is 0. The first-order valence-electron chi connectivity index (χ1n) is 3.49. The molecule has 0 bridgehead atoms. The van der Waals surface area contributed by atoms with E-state index in [4.69, 9.17) is 5.73 Å². The van der Waals surface area contributed by atoms with Gasteiger partial charge in [0.1, 0.15) is 0 Å². The molecule has 2 heteroatoms. The molecule has 1 nitrogen and oxygen atoms in total. The van der Waals surface area contributed by atoms with Crippen LogP contribution in [0.1, 0.15) is 12.8 Å². The van der Waals surface area contributed by atoms with Crippen LogP contribution in [0.4, 0.5) is 0 Å². The molecule has 0 aliphatic heterocycles. The van der Waals surface area contributed by atoms with Gasteiger partial charge in [0.25, 0.3) is 0 Å². The molecule has 10 heavy (non-hydrogen) atoms. The van der Waals surface area contributed by atoms with Crippen LogP contribution in [0.5, 0.6) is 0 Å². The summed E-state index contributed by atoms with van der Waals surface area (Å²) in [4.78, 5) is 0. The van der Waals surface area contributed by atoms with Gasteiger partial charge in [-0.2, -0.15) is 6.54 Å². The van der Waals surface area contributed by atoms with Gasteiger partial charge in [-0.25, -0.2) is 0 Å². The molecule has 1 aliphatic rings. The second-order valence-electron chi connectivity index (χ2n) is 2.63. The van der Waals surface area contributed by atoms with Gasteiger partial charge in [0.2, 0.25) is 0 Å². The normalized spacial score (nSPS) is 31.4. The van der Waals surface area contributed by atoms with Crippen LogP contribution in [-0.4, -0.2) is 6.54 Å².